The van der Waals surface area contributed by atoms with Crippen molar-refractivity contribution in [3.05, 3.63) is 71.8 Å². The quantitative estimate of drug-likeness (QED) is 0.222. The highest BCUT2D eigenvalue weighted by Gasteiger charge is 2.32. The lowest BCUT2D eigenvalue weighted by molar-refractivity contribution is -0.136. The number of hydrogen-bond donors (Lipinski definition) is 6. The van der Waals surface area contributed by atoms with E-state index >= 15 is 0 Å². The molecule has 0 fully saturated rings. The van der Waals surface area contributed by atoms with E-state index in [1.54, 1.807) is 41.5 Å². The van der Waals surface area contributed by atoms with Crippen LogP contribution in [-0.2, 0) is 22.4 Å². The second kappa shape index (κ2) is 15.1. The van der Waals surface area contributed by atoms with Crippen LogP contribution < -0.4 is 16.0 Å². The summed E-state index contributed by atoms with van der Waals surface area (Å²) in [5, 5.41) is 41.1. The Hall–Kier alpha value is -2.98. The van der Waals surface area contributed by atoms with Crippen molar-refractivity contribution < 1.29 is 29.6 Å². The fraction of sp³-hybridized carbons (Fsp3) is 0.548. The third kappa shape index (κ3) is 12.0. The summed E-state index contributed by atoms with van der Waals surface area (Å²) >= 11 is 0. The Morgan fingerprint density at radius 1 is 0.725 bits per heavy atom. The molecule has 0 heterocycles. The standard InChI is InChI=1S/C31H47N3O6/c1-30(2,3)27(37)28(38)33-23(17-21-13-9-7-10-14-21)25(35)19-32-20-26(36)24(18-22-15-11-8-12-16-22)34-29(39)40-31(4,5)6/h7-16,23-27,32,35-37H,17-20H2,1-6H3,(H,33,38)(H,34,39)/t23-,24-,25+,26+,27-/m0/s1. The summed E-state index contributed by atoms with van der Waals surface area (Å²) in [6.07, 6.45) is -3.16. The molecule has 0 aliphatic carbocycles. The summed E-state index contributed by atoms with van der Waals surface area (Å²) in [5.74, 6) is -0.558. The van der Waals surface area contributed by atoms with E-state index in [1.165, 1.54) is 0 Å². The van der Waals surface area contributed by atoms with Crippen molar-refractivity contribution in [2.75, 3.05) is 13.1 Å². The Morgan fingerprint density at radius 3 is 1.55 bits per heavy atom. The first kappa shape index (κ1) is 33.2. The summed E-state index contributed by atoms with van der Waals surface area (Å²) in [6, 6.07) is 17.6. The molecule has 0 aliphatic heterocycles. The Balaban J connectivity index is 2.06. The molecule has 9 nitrogen and oxygen atoms in total. The van der Waals surface area contributed by atoms with Gasteiger partial charge in [-0.3, -0.25) is 4.79 Å². The third-order valence-electron chi connectivity index (χ3n) is 6.33. The Kier molecular flexibility index (Phi) is 12.6. The van der Waals surface area contributed by atoms with Crippen LogP contribution in [-0.4, -0.2) is 76.4 Å². The molecule has 0 unspecified atom stereocenters. The van der Waals surface area contributed by atoms with Gasteiger partial charge in [-0.1, -0.05) is 81.4 Å². The number of ether oxygens (including phenoxy) is 1. The van der Waals surface area contributed by atoms with Crippen molar-refractivity contribution >= 4 is 12.0 Å². The van der Waals surface area contributed by atoms with Crippen LogP contribution in [0.25, 0.3) is 0 Å². The average Bonchev–Trinajstić information content (AvgIpc) is 2.86. The van der Waals surface area contributed by atoms with Crippen molar-refractivity contribution in [2.24, 2.45) is 5.41 Å². The smallest absolute Gasteiger partial charge is 0.407 e. The van der Waals surface area contributed by atoms with Crippen molar-refractivity contribution in [1.29, 1.82) is 0 Å². The maximum Gasteiger partial charge on any atom is 0.407 e. The molecule has 2 aromatic carbocycles. The van der Waals surface area contributed by atoms with Gasteiger partial charge in [0.25, 0.3) is 0 Å². The first-order valence-corrected chi connectivity index (χ1v) is 13.8. The minimum absolute atomic E-state index is 0.0605. The van der Waals surface area contributed by atoms with Gasteiger partial charge in [-0.15, -0.1) is 0 Å². The van der Waals surface area contributed by atoms with Crippen LogP contribution in [0.4, 0.5) is 4.79 Å². The van der Waals surface area contributed by atoms with Crippen molar-refractivity contribution in [3.8, 4) is 0 Å². The Morgan fingerprint density at radius 2 is 1.15 bits per heavy atom. The number of aliphatic hydroxyl groups is 3. The first-order valence-electron chi connectivity index (χ1n) is 13.8. The largest absolute Gasteiger partial charge is 0.444 e. The molecule has 0 aromatic heterocycles. The van der Waals surface area contributed by atoms with Gasteiger partial charge in [-0.25, -0.2) is 4.79 Å². The molecule has 0 saturated heterocycles. The zero-order valence-corrected chi connectivity index (χ0v) is 24.6. The molecule has 2 aromatic rings. The van der Waals surface area contributed by atoms with E-state index in [-0.39, 0.29) is 13.1 Å². The first-order chi connectivity index (χ1) is 18.7. The minimum atomic E-state index is -1.24. The predicted molar refractivity (Wildman–Crippen MR) is 156 cm³/mol. The number of nitrogens with one attached hydrogen (secondary N) is 3. The molecule has 2 rings (SSSR count). The van der Waals surface area contributed by atoms with E-state index in [2.05, 4.69) is 16.0 Å². The topological polar surface area (TPSA) is 140 Å². The van der Waals surface area contributed by atoms with Crippen molar-refractivity contribution in [2.45, 2.75) is 90.4 Å². The van der Waals surface area contributed by atoms with Gasteiger partial charge in [-0.2, -0.15) is 0 Å². The third-order valence-corrected chi connectivity index (χ3v) is 6.33. The molecule has 0 spiro atoms. The van der Waals surface area contributed by atoms with Crippen LogP contribution in [0, 0.1) is 5.41 Å². The highest BCUT2D eigenvalue weighted by Crippen LogP contribution is 2.19. The molecule has 0 saturated carbocycles. The summed E-state index contributed by atoms with van der Waals surface area (Å²) in [5.41, 5.74) is 0.504. The highest BCUT2D eigenvalue weighted by molar-refractivity contribution is 5.81. The maximum atomic E-state index is 12.8. The molecule has 9 heteroatoms. The van der Waals surface area contributed by atoms with E-state index in [4.69, 9.17) is 4.74 Å². The molecule has 2 amide bonds. The number of amides is 2. The summed E-state index contributed by atoms with van der Waals surface area (Å²) < 4.78 is 5.38. The monoisotopic (exact) mass is 557 g/mol. The zero-order valence-electron chi connectivity index (χ0n) is 24.6. The van der Waals surface area contributed by atoms with E-state index in [0.717, 1.165) is 11.1 Å². The van der Waals surface area contributed by atoms with Crippen LogP contribution in [0.2, 0.25) is 0 Å². The molecular weight excluding hydrogens is 510 g/mol. The molecule has 40 heavy (non-hydrogen) atoms. The van der Waals surface area contributed by atoms with Crippen LogP contribution in [0.3, 0.4) is 0 Å². The normalized spacial score (nSPS) is 15.8. The van der Waals surface area contributed by atoms with Gasteiger partial charge < -0.3 is 36.0 Å². The second-order valence-electron chi connectivity index (χ2n) is 12.3. The Labute approximate surface area is 238 Å². The van der Waals surface area contributed by atoms with Crippen molar-refractivity contribution in [3.63, 3.8) is 0 Å². The number of alkyl carbamates (subject to hydrolysis) is 1. The van der Waals surface area contributed by atoms with Gasteiger partial charge in [0.1, 0.15) is 11.7 Å². The second-order valence-corrected chi connectivity index (χ2v) is 12.3. The number of benzene rings is 2. The number of aliphatic hydroxyl groups excluding tert-OH is 3. The molecule has 0 aliphatic rings. The lowest BCUT2D eigenvalue weighted by atomic mass is 9.88. The van der Waals surface area contributed by atoms with Crippen LogP contribution in [0.5, 0.6) is 0 Å². The summed E-state index contributed by atoms with van der Waals surface area (Å²) in [7, 11) is 0. The lowest BCUT2D eigenvalue weighted by Crippen LogP contribution is -2.54. The van der Waals surface area contributed by atoms with Gasteiger partial charge in [0.15, 0.2) is 0 Å². The highest BCUT2D eigenvalue weighted by atomic mass is 16.6. The Bertz CT molecular complexity index is 1040. The fourth-order valence-electron chi connectivity index (χ4n) is 4.08. The fourth-order valence-corrected chi connectivity index (χ4v) is 4.08. The van der Waals surface area contributed by atoms with E-state index < -0.39 is 53.4 Å². The van der Waals surface area contributed by atoms with Crippen LogP contribution >= 0.6 is 0 Å². The molecule has 0 radical (unpaired) electrons. The van der Waals surface area contributed by atoms with Gasteiger partial charge in [0.2, 0.25) is 5.91 Å². The molecular formula is C31H47N3O6. The van der Waals surface area contributed by atoms with Gasteiger partial charge in [0.05, 0.1) is 24.3 Å². The molecule has 0 bridgehead atoms. The maximum absolute atomic E-state index is 12.8. The summed E-state index contributed by atoms with van der Waals surface area (Å²) in [4.78, 5) is 25.2. The van der Waals surface area contributed by atoms with Crippen molar-refractivity contribution in [1.82, 2.24) is 16.0 Å². The van der Waals surface area contributed by atoms with Gasteiger partial charge >= 0.3 is 6.09 Å². The number of hydrogen-bond acceptors (Lipinski definition) is 7. The summed E-state index contributed by atoms with van der Waals surface area (Å²) in [6.45, 7) is 10.7. The minimum Gasteiger partial charge on any atom is -0.444 e. The van der Waals surface area contributed by atoms with Crippen LogP contribution in [0.15, 0.2) is 60.7 Å². The molecule has 5 atom stereocenters. The van der Waals surface area contributed by atoms with Gasteiger partial charge in [0, 0.05) is 13.1 Å². The number of carbonyl (C=O) groups excluding carboxylic acids is 2. The predicted octanol–water partition coefficient (Wildman–Crippen LogP) is 2.57. The number of carbonyl (C=O) groups is 2. The van der Waals surface area contributed by atoms with Gasteiger partial charge in [-0.05, 0) is 50.2 Å². The molecule has 222 valence electrons. The number of rotatable bonds is 13. The van der Waals surface area contributed by atoms with E-state index in [9.17, 15) is 24.9 Å². The van der Waals surface area contributed by atoms with E-state index in [1.807, 2.05) is 60.7 Å². The molecule has 6 N–H and O–H groups in total. The van der Waals surface area contributed by atoms with Crippen LogP contribution in [0.1, 0.15) is 52.7 Å². The lowest BCUT2D eigenvalue weighted by Gasteiger charge is -2.30. The SMILES string of the molecule is CC(C)(C)OC(=O)N[C@@H](Cc1ccccc1)[C@H](O)CNC[C@@H](O)[C@H](Cc1ccccc1)NC(=O)[C@H](O)C(C)(C)C. The zero-order chi connectivity index (χ0) is 29.9. The van der Waals surface area contributed by atoms with E-state index in [0.29, 0.717) is 12.8 Å². The average molecular weight is 558 g/mol.